The summed E-state index contributed by atoms with van der Waals surface area (Å²) < 4.78 is 5.99. The quantitative estimate of drug-likeness (QED) is 0.936. The van der Waals surface area contributed by atoms with Crippen LogP contribution in [-0.4, -0.2) is 21.2 Å². The van der Waals surface area contributed by atoms with Gasteiger partial charge >= 0.3 is 6.01 Å². The summed E-state index contributed by atoms with van der Waals surface area (Å²) >= 11 is 3.35. The van der Waals surface area contributed by atoms with Gasteiger partial charge in [-0.15, -0.1) is 0 Å². The zero-order valence-electron chi connectivity index (χ0n) is 8.35. The lowest BCUT2D eigenvalue weighted by Crippen LogP contribution is -2.00. The number of nitrogens with zero attached hydrogens (tertiary/aromatic N) is 3. The Morgan fingerprint density at radius 1 is 1.38 bits per heavy atom. The Bertz CT molecular complexity index is 509. The smallest absolute Gasteiger partial charge is 0.322 e. The molecular weight excluding hydrogens is 272 g/mol. The molecule has 0 aromatic carbocycles. The maximum absolute atomic E-state index is 5.09. The van der Waals surface area contributed by atoms with Crippen molar-refractivity contribution < 1.29 is 4.52 Å². The van der Waals surface area contributed by atoms with Crippen LogP contribution in [-0.2, 0) is 0 Å². The molecule has 0 radical (unpaired) electrons. The summed E-state index contributed by atoms with van der Waals surface area (Å²) in [5, 5.41) is 7.05. The van der Waals surface area contributed by atoms with Crippen LogP contribution in [0.25, 0.3) is 11.4 Å². The van der Waals surface area contributed by atoms with Crippen LogP contribution in [0.15, 0.2) is 27.5 Å². The summed E-state index contributed by atoms with van der Waals surface area (Å²) in [6.07, 6.45) is 5.77. The number of anilines is 1. The van der Waals surface area contributed by atoms with Crippen LogP contribution in [0.1, 0.15) is 12.8 Å². The molecule has 1 N–H and O–H groups in total. The molecule has 2 aromatic heterocycles. The van der Waals surface area contributed by atoms with Crippen molar-refractivity contribution in [3.8, 4) is 11.4 Å². The van der Waals surface area contributed by atoms with Crippen molar-refractivity contribution in [1.82, 2.24) is 15.1 Å². The molecule has 3 rings (SSSR count). The molecule has 0 spiro atoms. The van der Waals surface area contributed by atoms with Crippen molar-refractivity contribution in [2.75, 3.05) is 5.32 Å². The van der Waals surface area contributed by atoms with Crippen molar-refractivity contribution in [2.24, 2.45) is 0 Å². The van der Waals surface area contributed by atoms with Gasteiger partial charge in [0.25, 0.3) is 0 Å². The average molecular weight is 281 g/mol. The van der Waals surface area contributed by atoms with Crippen LogP contribution in [0.2, 0.25) is 0 Å². The molecule has 2 aromatic rings. The molecular formula is C10H9BrN4O. The minimum Gasteiger partial charge on any atom is -0.335 e. The summed E-state index contributed by atoms with van der Waals surface area (Å²) in [4.78, 5) is 8.31. The van der Waals surface area contributed by atoms with E-state index in [1.54, 1.807) is 12.4 Å². The van der Waals surface area contributed by atoms with Crippen molar-refractivity contribution >= 4 is 21.9 Å². The van der Waals surface area contributed by atoms with Crippen molar-refractivity contribution in [1.29, 1.82) is 0 Å². The molecule has 82 valence electrons. The first-order valence-corrected chi connectivity index (χ1v) is 5.82. The maximum Gasteiger partial charge on any atom is 0.322 e. The van der Waals surface area contributed by atoms with E-state index < -0.39 is 0 Å². The lowest BCUT2D eigenvalue weighted by atomic mass is 10.3. The zero-order chi connectivity index (χ0) is 11.0. The zero-order valence-corrected chi connectivity index (χ0v) is 9.94. The van der Waals surface area contributed by atoms with E-state index in [1.807, 2.05) is 6.07 Å². The predicted octanol–water partition coefficient (Wildman–Crippen LogP) is 2.47. The van der Waals surface area contributed by atoms with Crippen LogP contribution >= 0.6 is 15.9 Å². The second kappa shape index (κ2) is 3.86. The second-order valence-electron chi connectivity index (χ2n) is 3.73. The summed E-state index contributed by atoms with van der Waals surface area (Å²) in [5.74, 6) is 0.553. The summed E-state index contributed by atoms with van der Waals surface area (Å²) in [7, 11) is 0. The standard InChI is InChI=1S/C10H9BrN4O/c11-7-3-6(4-12-5-7)9-14-10(16-15-9)13-8-1-2-8/h3-5,8H,1-2H2,(H,13,14,15). The number of pyridine rings is 1. The molecule has 0 saturated heterocycles. The molecule has 1 fully saturated rings. The fraction of sp³-hybridized carbons (Fsp3) is 0.300. The summed E-state index contributed by atoms with van der Waals surface area (Å²) in [6.45, 7) is 0. The summed E-state index contributed by atoms with van der Waals surface area (Å²) in [6, 6.07) is 2.89. The van der Waals surface area contributed by atoms with Gasteiger partial charge in [-0.3, -0.25) is 4.98 Å². The first-order valence-electron chi connectivity index (χ1n) is 5.02. The number of halogens is 1. The fourth-order valence-electron chi connectivity index (χ4n) is 1.34. The summed E-state index contributed by atoms with van der Waals surface area (Å²) in [5.41, 5.74) is 0.835. The Hall–Kier alpha value is -1.43. The number of hydrogen-bond acceptors (Lipinski definition) is 5. The molecule has 0 unspecified atom stereocenters. The normalized spacial score (nSPS) is 15.1. The van der Waals surface area contributed by atoms with E-state index in [0.717, 1.165) is 10.0 Å². The highest BCUT2D eigenvalue weighted by Gasteiger charge is 2.23. The van der Waals surface area contributed by atoms with Crippen LogP contribution in [0.3, 0.4) is 0 Å². The number of aromatic nitrogens is 3. The van der Waals surface area contributed by atoms with E-state index in [2.05, 4.69) is 36.4 Å². The molecule has 0 bridgehead atoms. The third-order valence-electron chi connectivity index (χ3n) is 2.29. The third-order valence-corrected chi connectivity index (χ3v) is 2.73. The van der Waals surface area contributed by atoms with E-state index in [9.17, 15) is 0 Å². The van der Waals surface area contributed by atoms with Crippen molar-refractivity contribution in [3.05, 3.63) is 22.9 Å². The largest absolute Gasteiger partial charge is 0.335 e. The second-order valence-corrected chi connectivity index (χ2v) is 4.65. The van der Waals surface area contributed by atoms with E-state index in [4.69, 9.17) is 4.52 Å². The van der Waals surface area contributed by atoms with Crippen LogP contribution < -0.4 is 5.32 Å². The highest BCUT2D eigenvalue weighted by atomic mass is 79.9. The number of rotatable bonds is 3. The average Bonchev–Trinajstić information content (AvgIpc) is 2.94. The molecule has 0 atom stereocenters. The van der Waals surface area contributed by atoms with Crippen molar-refractivity contribution in [2.45, 2.75) is 18.9 Å². The first-order chi connectivity index (χ1) is 7.81. The van der Waals surface area contributed by atoms with E-state index >= 15 is 0 Å². The molecule has 0 aliphatic heterocycles. The van der Waals surface area contributed by atoms with Crippen LogP contribution in [0.4, 0.5) is 6.01 Å². The van der Waals surface area contributed by atoms with Gasteiger partial charge in [0.2, 0.25) is 5.82 Å². The molecule has 1 aliphatic rings. The Morgan fingerprint density at radius 2 is 2.25 bits per heavy atom. The minimum absolute atomic E-state index is 0.484. The van der Waals surface area contributed by atoms with E-state index in [0.29, 0.717) is 17.9 Å². The molecule has 2 heterocycles. The van der Waals surface area contributed by atoms with Gasteiger partial charge < -0.3 is 9.84 Å². The fourth-order valence-corrected chi connectivity index (χ4v) is 1.70. The van der Waals surface area contributed by atoms with Gasteiger partial charge in [-0.25, -0.2) is 0 Å². The van der Waals surface area contributed by atoms with Gasteiger partial charge in [0.1, 0.15) is 0 Å². The minimum atomic E-state index is 0.484. The topological polar surface area (TPSA) is 63.8 Å². The van der Waals surface area contributed by atoms with Crippen LogP contribution in [0, 0.1) is 0 Å². The van der Waals surface area contributed by atoms with Gasteiger partial charge in [0.05, 0.1) is 0 Å². The van der Waals surface area contributed by atoms with Crippen molar-refractivity contribution in [3.63, 3.8) is 0 Å². The van der Waals surface area contributed by atoms with Crippen LogP contribution in [0.5, 0.6) is 0 Å². The molecule has 6 heteroatoms. The maximum atomic E-state index is 5.09. The van der Waals surface area contributed by atoms with E-state index in [1.165, 1.54) is 12.8 Å². The van der Waals surface area contributed by atoms with Gasteiger partial charge in [-0.05, 0) is 34.8 Å². The Balaban J connectivity index is 1.85. The molecule has 0 amide bonds. The number of nitrogens with one attached hydrogen (secondary N) is 1. The lowest BCUT2D eigenvalue weighted by Gasteiger charge is -1.94. The SMILES string of the molecule is Brc1cncc(-c2noc(NC3CC3)n2)c1. The lowest BCUT2D eigenvalue weighted by molar-refractivity contribution is 0.432. The third kappa shape index (κ3) is 2.06. The Kier molecular flexibility index (Phi) is 2.36. The molecule has 1 saturated carbocycles. The van der Waals surface area contributed by atoms with E-state index in [-0.39, 0.29) is 0 Å². The van der Waals surface area contributed by atoms with Gasteiger partial charge in [-0.1, -0.05) is 5.16 Å². The number of hydrogen-bond donors (Lipinski definition) is 1. The molecule has 5 nitrogen and oxygen atoms in total. The van der Waals surface area contributed by atoms with Gasteiger partial charge in [-0.2, -0.15) is 4.98 Å². The van der Waals surface area contributed by atoms with Gasteiger partial charge in [0.15, 0.2) is 0 Å². The first kappa shape index (κ1) is 9.77. The Morgan fingerprint density at radius 3 is 3.00 bits per heavy atom. The monoisotopic (exact) mass is 280 g/mol. The Labute approximate surface area is 100 Å². The molecule has 1 aliphatic carbocycles. The highest BCUT2D eigenvalue weighted by Crippen LogP contribution is 2.25. The van der Waals surface area contributed by atoms with Gasteiger partial charge in [0, 0.05) is 28.5 Å². The molecule has 16 heavy (non-hydrogen) atoms. The predicted molar refractivity (Wildman–Crippen MR) is 61.9 cm³/mol. The highest BCUT2D eigenvalue weighted by molar-refractivity contribution is 9.10.